The number of nitrogens with one attached hydrogen (secondary N) is 1. The van der Waals surface area contributed by atoms with Gasteiger partial charge in [0, 0.05) is 18.3 Å². The van der Waals surface area contributed by atoms with Crippen molar-refractivity contribution in [2.24, 2.45) is 0 Å². The predicted octanol–water partition coefficient (Wildman–Crippen LogP) is 3.95. The van der Waals surface area contributed by atoms with E-state index in [-0.39, 0.29) is 5.91 Å². The van der Waals surface area contributed by atoms with Crippen LogP contribution in [0.4, 0.5) is 0 Å². The molecular weight excluding hydrogens is 354 g/mol. The van der Waals surface area contributed by atoms with E-state index >= 15 is 0 Å². The Kier molecular flexibility index (Phi) is 5.10. The van der Waals surface area contributed by atoms with Gasteiger partial charge < -0.3 is 19.0 Å². The summed E-state index contributed by atoms with van der Waals surface area (Å²) >= 11 is 0. The molecular formula is C22H21N3O3. The summed E-state index contributed by atoms with van der Waals surface area (Å²) in [5.74, 6) is 1.44. The second kappa shape index (κ2) is 8.00. The van der Waals surface area contributed by atoms with Gasteiger partial charge in [-0.2, -0.15) is 0 Å². The number of nitrogens with zero attached hydrogens (tertiary/aromatic N) is 2. The number of benzene rings is 1. The standard InChI is InChI=1S/C22H21N3O3/c1-16-13-19-21(28-16)14-20(22(26)24-15-17-7-5-6-10-23-17)25(19)11-12-27-18-8-3-2-4-9-18/h2-10,13-14H,11-12,15H2,1H3,(H,24,26). The number of carbonyl (C=O) groups excluding carboxylic acids is 1. The second-order valence-corrected chi connectivity index (χ2v) is 6.45. The number of aromatic nitrogens is 2. The van der Waals surface area contributed by atoms with E-state index in [1.54, 1.807) is 12.3 Å². The highest BCUT2D eigenvalue weighted by Crippen LogP contribution is 2.24. The number of carbonyl (C=O) groups is 1. The maximum atomic E-state index is 12.8. The predicted molar refractivity (Wildman–Crippen MR) is 106 cm³/mol. The molecule has 3 heterocycles. The summed E-state index contributed by atoms with van der Waals surface area (Å²) < 4.78 is 13.5. The topological polar surface area (TPSA) is 69.3 Å². The highest BCUT2D eigenvalue weighted by Gasteiger charge is 2.18. The molecule has 0 bridgehead atoms. The van der Waals surface area contributed by atoms with Crippen LogP contribution in [0, 0.1) is 6.92 Å². The summed E-state index contributed by atoms with van der Waals surface area (Å²) in [4.78, 5) is 17.0. The zero-order valence-corrected chi connectivity index (χ0v) is 15.6. The van der Waals surface area contributed by atoms with Gasteiger partial charge in [0.25, 0.3) is 5.91 Å². The normalized spacial score (nSPS) is 10.9. The molecule has 3 aromatic heterocycles. The molecule has 0 aliphatic heterocycles. The van der Waals surface area contributed by atoms with E-state index in [0.717, 1.165) is 22.7 Å². The molecule has 0 fully saturated rings. The van der Waals surface area contributed by atoms with Gasteiger partial charge in [0.1, 0.15) is 23.8 Å². The highest BCUT2D eigenvalue weighted by molar-refractivity contribution is 5.97. The summed E-state index contributed by atoms with van der Waals surface area (Å²) in [5, 5.41) is 2.92. The van der Waals surface area contributed by atoms with Gasteiger partial charge in [0.2, 0.25) is 0 Å². The Balaban J connectivity index is 1.51. The molecule has 0 aliphatic carbocycles. The van der Waals surface area contributed by atoms with Crippen molar-refractivity contribution in [2.45, 2.75) is 20.0 Å². The van der Waals surface area contributed by atoms with Crippen molar-refractivity contribution in [2.75, 3.05) is 6.61 Å². The van der Waals surface area contributed by atoms with Crippen molar-refractivity contribution in [3.63, 3.8) is 0 Å². The van der Waals surface area contributed by atoms with Gasteiger partial charge in [-0.25, -0.2) is 0 Å². The fraction of sp³-hybridized carbons (Fsp3) is 0.182. The fourth-order valence-corrected chi connectivity index (χ4v) is 3.13. The smallest absolute Gasteiger partial charge is 0.268 e. The van der Waals surface area contributed by atoms with Crippen LogP contribution in [-0.4, -0.2) is 22.1 Å². The lowest BCUT2D eigenvalue weighted by Crippen LogP contribution is -2.26. The number of amides is 1. The number of hydrogen-bond acceptors (Lipinski definition) is 4. The van der Waals surface area contributed by atoms with Crippen molar-refractivity contribution < 1.29 is 13.9 Å². The number of pyridine rings is 1. The third-order valence-electron chi connectivity index (χ3n) is 4.43. The Hall–Kier alpha value is -3.54. The first-order valence-electron chi connectivity index (χ1n) is 9.16. The Labute approximate surface area is 162 Å². The largest absolute Gasteiger partial charge is 0.492 e. The van der Waals surface area contributed by atoms with Crippen LogP contribution in [0.1, 0.15) is 21.9 Å². The van der Waals surface area contributed by atoms with E-state index in [4.69, 9.17) is 9.15 Å². The van der Waals surface area contributed by atoms with Crippen LogP contribution in [0.5, 0.6) is 5.75 Å². The first-order valence-corrected chi connectivity index (χ1v) is 9.16. The molecule has 4 aromatic rings. The number of fused-ring (bicyclic) bond motifs is 1. The zero-order chi connectivity index (χ0) is 19.3. The molecule has 0 aliphatic rings. The third-order valence-corrected chi connectivity index (χ3v) is 4.43. The van der Waals surface area contributed by atoms with Crippen molar-refractivity contribution in [1.29, 1.82) is 0 Å². The van der Waals surface area contributed by atoms with Crippen LogP contribution in [0.25, 0.3) is 11.1 Å². The molecule has 6 nitrogen and oxygen atoms in total. The van der Waals surface area contributed by atoms with Gasteiger partial charge in [-0.3, -0.25) is 9.78 Å². The van der Waals surface area contributed by atoms with Gasteiger partial charge in [0.05, 0.1) is 24.3 Å². The van der Waals surface area contributed by atoms with E-state index < -0.39 is 0 Å². The number of hydrogen-bond donors (Lipinski definition) is 1. The molecule has 0 spiro atoms. The lowest BCUT2D eigenvalue weighted by molar-refractivity contribution is 0.0940. The van der Waals surface area contributed by atoms with E-state index in [1.807, 2.05) is 66.1 Å². The zero-order valence-electron chi connectivity index (χ0n) is 15.6. The van der Waals surface area contributed by atoms with Crippen LogP contribution in [0.3, 0.4) is 0 Å². The molecule has 6 heteroatoms. The maximum absolute atomic E-state index is 12.8. The Bertz CT molecular complexity index is 1070. The first-order chi connectivity index (χ1) is 13.7. The van der Waals surface area contributed by atoms with Gasteiger partial charge in [-0.1, -0.05) is 24.3 Å². The lowest BCUT2D eigenvalue weighted by Gasteiger charge is -2.11. The Morgan fingerprint density at radius 1 is 1.14 bits per heavy atom. The maximum Gasteiger partial charge on any atom is 0.268 e. The van der Waals surface area contributed by atoms with E-state index in [2.05, 4.69) is 10.3 Å². The second-order valence-electron chi connectivity index (χ2n) is 6.45. The van der Waals surface area contributed by atoms with Crippen LogP contribution in [0.15, 0.2) is 71.3 Å². The SMILES string of the molecule is Cc1cc2c(cc(C(=O)NCc3ccccn3)n2CCOc2ccccc2)o1. The average Bonchev–Trinajstić information content (AvgIpc) is 3.24. The minimum Gasteiger partial charge on any atom is -0.492 e. The van der Waals surface area contributed by atoms with Crippen LogP contribution in [-0.2, 0) is 13.1 Å². The molecule has 0 saturated carbocycles. The van der Waals surface area contributed by atoms with Crippen LogP contribution < -0.4 is 10.1 Å². The quantitative estimate of drug-likeness (QED) is 0.531. The first kappa shape index (κ1) is 17.9. The molecule has 0 saturated heterocycles. The number of furan rings is 1. The fourth-order valence-electron chi connectivity index (χ4n) is 3.13. The Morgan fingerprint density at radius 2 is 1.96 bits per heavy atom. The number of aryl methyl sites for hydroxylation is 1. The van der Waals surface area contributed by atoms with Gasteiger partial charge in [-0.05, 0) is 31.2 Å². The minimum atomic E-state index is -0.172. The molecule has 1 aromatic carbocycles. The van der Waals surface area contributed by atoms with Gasteiger partial charge in [0.15, 0.2) is 5.58 Å². The average molecular weight is 375 g/mol. The summed E-state index contributed by atoms with van der Waals surface area (Å²) in [7, 11) is 0. The van der Waals surface area contributed by atoms with Crippen molar-refractivity contribution in [1.82, 2.24) is 14.9 Å². The molecule has 1 amide bonds. The molecule has 1 N–H and O–H groups in total. The summed E-state index contributed by atoms with van der Waals surface area (Å²) in [5.41, 5.74) is 2.93. The highest BCUT2D eigenvalue weighted by atomic mass is 16.5. The van der Waals surface area contributed by atoms with Gasteiger partial charge in [-0.15, -0.1) is 0 Å². The lowest BCUT2D eigenvalue weighted by atomic mass is 10.3. The summed E-state index contributed by atoms with van der Waals surface area (Å²) in [6, 6.07) is 19.0. The van der Waals surface area contributed by atoms with Crippen LogP contribution >= 0.6 is 0 Å². The van der Waals surface area contributed by atoms with Crippen LogP contribution in [0.2, 0.25) is 0 Å². The van der Waals surface area contributed by atoms with Crippen molar-refractivity contribution in [3.05, 3.63) is 84.0 Å². The monoisotopic (exact) mass is 375 g/mol. The molecule has 4 rings (SSSR count). The number of rotatable bonds is 7. The number of para-hydroxylation sites is 1. The molecule has 0 atom stereocenters. The molecule has 0 unspecified atom stereocenters. The van der Waals surface area contributed by atoms with E-state index in [9.17, 15) is 4.79 Å². The summed E-state index contributed by atoms with van der Waals surface area (Å²) in [6.45, 7) is 3.24. The third kappa shape index (κ3) is 3.91. The molecule has 0 radical (unpaired) electrons. The van der Waals surface area contributed by atoms with Crippen molar-refractivity contribution >= 4 is 17.0 Å². The van der Waals surface area contributed by atoms with E-state index in [0.29, 0.717) is 31.0 Å². The molecule has 28 heavy (non-hydrogen) atoms. The Morgan fingerprint density at radius 3 is 2.75 bits per heavy atom. The summed E-state index contributed by atoms with van der Waals surface area (Å²) in [6.07, 6.45) is 1.71. The molecule has 142 valence electrons. The number of ether oxygens (including phenoxy) is 1. The minimum absolute atomic E-state index is 0.172. The van der Waals surface area contributed by atoms with E-state index in [1.165, 1.54) is 0 Å². The van der Waals surface area contributed by atoms with Gasteiger partial charge >= 0.3 is 0 Å². The van der Waals surface area contributed by atoms with Crippen molar-refractivity contribution in [3.8, 4) is 5.75 Å².